The SMILES string of the molecule is C=CCNC(=S)N(Cc1cccs1)C1CCS(=O)(=O)C1. The summed E-state index contributed by atoms with van der Waals surface area (Å²) < 4.78 is 23.4. The fourth-order valence-electron chi connectivity index (χ4n) is 2.22. The number of nitrogens with zero attached hydrogens (tertiary/aromatic N) is 1. The fourth-order valence-corrected chi connectivity index (χ4v) is 4.95. The topological polar surface area (TPSA) is 49.4 Å². The third-order valence-corrected chi connectivity index (χ3v) is 6.20. The molecule has 1 aromatic heterocycles. The minimum atomic E-state index is -2.92. The number of hydrogen-bond donors (Lipinski definition) is 1. The molecule has 7 heteroatoms. The average molecular weight is 331 g/mol. The highest BCUT2D eigenvalue weighted by atomic mass is 32.2. The van der Waals surface area contributed by atoms with Crippen LogP contribution >= 0.6 is 23.6 Å². The molecule has 2 heterocycles. The van der Waals surface area contributed by atoms with Gasteiger partial charge in [0.1, 0.15) is 0 Å². The summed E-state index contributed by atoms with van der Waals surface area (Å²) in [7, 11) is -2.92. The Morgan fingerprint density at radius 1 is 1.65 bits per heavy atom. The number of hydrogen-bond acceptors (Lipinski definition) is 4. The molecule has 1 fully saturated rings. The van der Waals surface area contributed by atoms with Crippen molar-refractivity contribution in [3.05, 3.63) is 35.0 Å². The predicted molar refractivity (Wildman–Crippen MR) is 87.7 cm³/mol. The van der Waals surface area contributed by atoms with Crippen LogP contribution < -0.4 is 5.32 Å². The van der Waals surface area contributed by atoms with E-state index in [-0.39, 0.29) is 17.5 Å². The maximum absolute atomic E-state index is 11.7. The molecule has 1 aliphatic rings. The van der Waals surface area contributed by atoms with Gasteiger partial charge in [-0.25, -0.2) is 8.42 Å². The second-order valence-corrected chi connectivity index (χ2v) is 8.39. The van der Waals surface area contributed by atoms with E-state index in [1.165, 1.54) is 4.88 Å². The van der Waals surface area contributed by atoms with Crippen molar-refractivity contribution in [2.75, 3.05) is 18.1 Å². The molecule has 4 nitrogen and oxygen atoms in total. The lowest BCUT2D eigenvalue weighted by molar-refractivity contribution is 0.326. The van der Waals surface area contributed by atoms with Crippen LogP contribution in [-0.2, 0) is 16.4 Å². The average Bonchev–Trinajstić information content (AvgIpc) is 3.02. The highest BCUT2D eigenvalue weighted by Gasteiger charge is 2.33. The van der Waals surface area contributed by atoms with E-state index in [0.717, 1.165) is 0 Å². The highest BCUT2D eigenvalue weighted by Crippen LogP contribution is 2.21. The highest BCUT2D eigenvalue weighted by molar-refractivity contribution is 7.91. The number of sulfone groups is 1. The van der Waals surface area contributed by atoms with Gasteiger partial charge in [0.2, 0.25) is 0 Å². The van der Waals surface area contributed by atoms with E-state index < -0.39 is 9.84 Å². The molecule has 1 aromatic rings. The molecule has 0 aromatic carbocycles. The number of rotatable bonds is 5. The normalized spacial score (nSPS) is 20.5. The van der Waals surface area contributed by atoms with Crippen LogP contribution in [0, 0.1) is 0 Å². The minimum Gasteiger partial charge on any atom is -0.359 e. The zero-order chi connectivity index (χ0) is 14.6. The van der Waals surface area contributed by atoms with Gasteiger partial charge in [-0.1, -0.05) is 12.1 Å². The summed E-state index contributed by atoms with van der Waals surface area (Å²) in [4.78, 5) is 3.17. The minimum absolute atomic E-state index is 0.0353. The smallest absolute Gasteiger partial charge is 0.169 e. The van der Waals surface area contributed by atoms with E-state index in [0.29, 0.717) is 24.6 Å². The summed E-state index contributed by atoms with van der Waals surface area (Å²) in [5.41, 5.74) is 0. The molecule has 0 amide bonds. The summed E-state index contributed by atoms with van der Waals surface area (Å²) in [6.07, 6.45) is 2.38. The number of thiophene rings is 1. The van der Waals surface area contributed by atoms with Crippen LogP contribution in [0.15, 0.2) is 30.2 Å². The summed E-state index contributed by atoms with van der Waals surface area (Å²) in [5.74, 6) is 0.441. The second kappa shape index (κ2) is 6.69. The molecule has 110 valence electrons. The Hall–Kier alpha value is -0.920. The van der Waals surface area contributed by atoms with E-state index in [1.807, 2.05) is 22.4 Å². The van der Waals surface area contributed by atoms with Crippen LogP contribution in [0.5, 0.6) is 0 Å². The first kappa shape index (κ1) is 15.5. The van der Waals surface area contributed by atoms with Gasteiger partial charge < -0.3 is 10.2 Å². The molecule has 0 spiro atoms. The van der Waals surface area contributed by atoms with Gasteiger partial charge in [-0.05, 0) is 30.1 Å². The van der Waals surface area contributed by atoms with Gasteiger partial charge in [-0.15, -0.1) is 17.9 Å². The maximum atomic E-state index is 11.7. The van der Waals surface area contributed by atoms with Gasteiger partial charge in [0.05, 0.1) is 18.1 Å². The first-order valence-corrected chi connectivity index (χ1v) is 9.51. The van der Waals surface area contributed by atoms with Gasteiger partial charge >= 0.3 is 0 Å². The van der Waals surface area contributed by atoms with E-state index in [9.17, 15) is 8.42 Å². The van der Waals surface area contributed by atoms with E-state index in [2.05, 4.69) is 11.9 Å². The van der Waals surface area contributed by atoms with Gasteiger partial charge in [-0.2, -0.15) is 0 Å². The molecule has 20 heavy (non-hydrogen) atoms. The molecule has 1 N–H and O–H groups in total. The van der Waals surface area contributed by atoms with Crippen molar-refractivity contribution in [3.8, 4) is 0 Å². The monoisotopic (exact) mass is 330 g/mol. The molecule has 1 aliphatic heterocycles. The maximum Gasteiger partial charge on any atom is 0.169 e. The molecule has 0 bridgehead atoms. The number of nitrogens with one attached hydrogen (secondary N) is 1. The Morgan fingerprint density at radius 2 is 2.45 bits per heavy atom. The molecule has 0 radical (unpaired) electrons. The van der Waals surface area contributed by atoms with E-state index >= 15 is 0 Å². The van der Waals surface area contributed by atoms with Crippen molar-refractivity contribution in [2.45, 2.75) is 19.0 Å². The summed E-state index contributed by atoms with van der Waals surface area (Å²) >= 11 is 7.05. The number of thiocarbonyl (C=S) groups is 1. The van der Waals surface area contributed by atoms with E-state index in [4.69, 9.17) is 12.2 Å². The van der Waals surface area contributed by atoms with Crippen molar-refractivity contribution < 1.29 is 8.42 Å². The predicted octanol–water partition coefficient (Wildman–Crippen LogP) is 1.80. The Labute approximate surface area is 129 Å². The Morgan fingerprint density at radius 3 is 3.00 bits per heavy atom. The summed E-state index contributed by atoms with van der Waals surface area (Å²) in [6, 6.07) is 3.99. The molecular formula is C13H18N2O2S3. The lowest BCUT2D eigenvalue weighted by Crippen LogP contribution is -2.46. The van der Waals surface area contributed by atoms with Crippen molar-refractivity contribution in [1.29, 1.82) is 0 Å². The van der Waals surface area contributed by atoms with Gasteiger partial charge in [-0.3, -0.25) is 0 Å². The molecule has 0 saturated carbocycles. The summed E-state index contributed by atoms with van der Waals surface area (Å²) in [6.45, 7) is 4.89. The van der Waals surface area contributed by atoms with Crippen molar-refractivity contribution in [3.63, 3.8) is 0 Å². The Kier molecular flexibility index (Phi) is 5.17. The van der Waals surface area contributed by atoms with Crippen molar-refractivity contribution >= 4 is 38.5 Å². The fraction of sp³-hybridized carbons (Fsp3) is 0.462. The molecule has 1 atom stereocenters. The molecular weight excluding hydrogens is 312 g/mol. The largest absolute Gasteiger partial charge is 0.359 e. The zero-order valence-electron chi connectivity index (χ0n) is 11.1. The van der Waals surface area contributed by atoms with Crippen molar-refractivity contribution in [1.82, 2.24) is 10.2 Å². The Bertz CT molecular complexity index is 566. The molecule has 0 aliphatic carbocycles. The van der Waals surface area contributed by atoms with Crippen LogP contribution in [0.4, 0.5) is 0 Å². The molecule has 1 saturated heterocycles. The second-order valence-electron chi connectivity index (χ2n) is 4.74. The first-order valence-electron chi connectivity index (χ1n) is 6.40. The summed E-state index contributed by atoms with van der Waals surface area (Å²) in [5, 5.41) is 5.71. The lowest BCUT2D eigenvalue weighted by Gasteiger charge is -2.30. The van der Waals surface area contributed by atoms with Crippen LogP contribution in [0.3, 0.4) is 0 Å². The van der Waals surface area contributed by atoms with Crippen molar-refractivity contribution in [2.24, 2.45) is 0 Å². The Balaban J connectivity index is 2.11. The lowest BCUT2D eigenvalue weighted by atomic mass is 10.2. The van der Waals surface area contributed by atoms with Crippen LogP contribution in [0.2, 0.25) is 0 Å². The van der Waals surface area contributed by atoms with Gasteiger partial charge in [0.15, 0.2) is 14.9 Å². The molecule has 2 rings (SSSR count). The van der Waals surface area contributed by atoms with Crippen LogP contribution in [-0.4, -0.2) is 42.5 Å². The first-order chi connectivity index (χ1) is 9.52. The van der Waals surface area contributed by atoms with Crippen LogP contribution in [0.1, 0.15) is 11.3 Å². The van der Waals surface area contributed by atoms with Gasteiger partial charge in [0.25, 0.3) is 0 Å². The zero-order valence-corrected chi connectivity index (χ0v) is 13.6. The quantitative estimate of drug-likeness (QED) is 0.659. The third kappa shape index (κ3) is 4.04. The van der Waals surface area contributed by atoms with Gasteiger partial charge in [0, 0.05) is 17.5 Å². The van der Waals surface area contributed by atoms with Crippen LogP contribution in [0.25, 0.3) is 0 Å². The van der Waals surface area contributed by atoms with E-state index in [1.54, 1.807) is 17.4 Å². The third-order valence-electron chi connectivity index (χ3n) is 3.21. The molecule has 1 unspecified atom stereocenters. The standard InChI is InChI=1S/C13H18N2O2S3/c1-2-6-14-13(18)15(9-12-4-3-7-19-12)11-5-8-20(16,17)10-11/h2-4,7,11H,1,5-6,8-10H2,(H,14,18).